The fourth-order valence-electron chi connectivity index (χ4n) is 1.10. The van der Waals surface area contributed by atoms with Crippen LogP contribution in [0, 0.1) is 16.7 Å². The average molecular weight is 184 g/mol. The van der Waals surface area contributed by atoms with E-state index in [2.05, 4.69) is 0 Å². The number of nitrogens with zero attached hydrogens (tertiary/aromatic N) is 1. The Kier molecular flexibility index (Phi) is 4.26. The van der Waals surface area contributed by atoms with Gasteiger partial charge in [-0.05, 0) is 11.8 Å². The second-order valence-corrected chi connectivity index (χ2v) is 4.19. The molecule has 13 heavy (non-hydrogen) atoms. The van der Waals surface area contributed by atoms with Crippen LogP contribution in [0.3, 0.4) is 0 Å². The Hall–Kier alpha value is -1.24. The lowest BCUT2D eigenvalue weighted by Gasteiger charge is -2.23. The second kappa shape index (κ2) is 4.70. The van der Waals surface area contributed by atoms with Gasteiger partial charge in [0, 0.05) is 0 Å². The smallest absolute Gasteiger partial charge is 0.404 e. The SMILES string of the molecule is CC(C)(C)C[C@@H](CC#N)OC(N)=O. The number of carbonyl (C=O) groups is 1. The van der Waals surface area contributed by atoms with Crippen LogP contribution >= 0.6 is 0 Å². The highest BCUT2D eigenvalue weighted by molar-refractivity contribution is 5.64. The molecule has 0 aromatic carbocycles. The van der Waals surface area contributed by atoms with Crippen LogP contribution in [-0.2, 0) is 4.74 Å². The number of nitriles is 1. The van der Waals surface area contributed by atoms with Gasteiger partial charge in [0.1, 0.15) is 6.10 Å². The fraction of sp³-hybridized carbons (Fsp3) is 0.778. The van der Waals surface area contributed by atoms with Crippen molar-refractivity contribution in [1.82, 2.24) is 0 Å². The van der Waals surface area contributed by atoms with Crippen LogP contribution < -0.4 is 5.73 Å². The molecule has 0 rings (SSSR count). The first kappa shape index (κ1) is 11.8. The molecule has 1 amide bonds. The molecule has 0 spiro atoms. The van der Waals surface area contributed by atoms with E-state index < -0.39 is 6.09 Å². The monoisotopic (exact) mass is 184 g/mol. The quantitative estimate of drug-likeness (QED) is 0.726. The van der Waals surface area contributed by atoms with E-state index in [-0.39, 0.29) is 17.9 Å². The van der Waals surface area contributed by atoms with Crippen molar-refractivity contribution in [3.63, 3.8) is 0 Å². The zero-order chi connectivity index (χ0) is 10.5. The number of rotatable bonds is 3. The van der Waals surface area contributed by atoms with Crippen LogP contribution in [0.2, 0.25) is 0 Å². The maximum absolute atomic E-state index is 10.5. The van der Waals surface area contributed by atoms with Gasteiger partial charge in [-0.15, -0.1) is 0 Å². The summed E-state index contributed by atoms with van der Waals surface area (Å²) in [6.45, 7) is 6.05. The predicted octanol–water partition coefficient (Wildman–Crippen LogP) is 1.80. The third-order valence-electron chi connectivity index (χ3n) is 1.44. The number of carbonyl (C=O) groups excluding carboxylic acids is 1. The molecule has 74 valence electrons. The van der Waals surface area contributed by atoms with Gasteiger partial charge in [-0.25, -0.2) is 4.79 Å². The van der Waals surface area contributed by atoms with Crippen LogP contribution in [0.1, 0.15) is 33.6 Å². The highest BCUT2D eigenvalue weighted by Crippen LogP contribution is 2.23. The molecule has 4 nitrogen and oxygen atoms in total. The first-order chi connectivity index (χ1) is 5.85. The fourth-order valence-corrected chi connectivity index (χ4v) is 1.10. The Morgan fingerprint density at radius 3 is 2.46 bits per heavy atom. The van der Waals surface area contributed by atoms with Gasteiger partial charge in [-0.1, -0.05) is 20.8 Å². The normalized spacial score (nSPS) is 13.1. The van der Waals surface area contributed by atoms with E-state index in [1.807, 2.05) is 26.8 Å². The second-order valence-electron chi connectivity index (χ2n) is 4.19. The van der Waals surface area contributed by atoms with Crippen LogP contribution in [0.5, 0.6) is 0 Å². The summed E-state index contributed by atoms with van der Waals surface area (Å²) < 4.78 is 4.78. The van der Waals surface area contributed by atoms with Crippen molar-refractivity contribution >= 4 is 6.09 Å². The summed E-state index contributed by atoms with van der Waals surface area (Å²) in [6.07, 6.45) is -0.365. The van der Waals surface area contributed by atoms with Crippen molar-refractivity contribution in [3.05, 3.63) is 0 Å². The van der Waals surface area contributed by atoms with Gasteiger partial charge in [0.05, 0.1) is 12.5 Å². The Balaban J connectivity index is 4.11. The third kappa shape index (κ3) is 7.13. The van der Waals surface area contributed by atoms with E-state index in [9.17, 15) is 4.79 Å². The van der Waals surface area contributed by atoms with Crippen molar-refractivity contribution in [2.24, 2.45) is 11.1 Å². The van der Waals surface area contributed by atoms with E-state index in [0.717, 1.165) is 0 Å². The maximum atomic E-state index is 10.5. The number of hydrogen-bond acceptors (Lipinski definition) is 3. The number of nitrogens with two attached hydrogens (primary N) is 1. The number of amides is 1. The summed E-state index contributed by atoms with van der Waals surface area (Å²) in [5.41, 5.74) is 4.90. The average Bonchev–Trinajstić information content (AvgIpc) is 1.81. The van der Waals surface area contributed by atoms with Gasteiger partial charge in [0.15, 0.2) is 0 Å². The van der Waals surface area contributed by atoms with Crippen LogP contribution in [0.4, 0.5) is 4.79 Å². The zero-order valence-corrected chi connectivity index (χ0v) is 8.33. The van der Waals surface area contributed by atoms with Crippen molar-refractivity contribution < 1.29 is 9.53 Å². The Morgan fingerprint density at radius 2 is 2.15 bits per heavy atom. The molecule has 0 heterocycles. The first-order valence-corrected chi connectivity index (χ1v) is 4.18. The molecule has 4 heteroatoms. The molecule has 1 atom stereocenters. The van der Waals surface area contributed by atoms with Crippen molar-refractivity contribution in [1.29, 1.82) is 5.26 Å². The first-order valence-electron chi connectivity index (χ1n) is 4.18. The molecule has 0 radical (unpaired) electrons. The Morgan fingerprint density at radius 1 is 1.62 bits per heavy atom. The van der Waals surface area contributed by atoms with Gasteiger partial charge in [0.25, 0.3) is 0 Å². The molecule has 0 aromatic rings. The summed E-state index contributed by atoms with van der Waals surface area (Å²) in [6, 6.07) is 1.96. The van der Waals surface area contributed by atoms with Gasteiger partial charge in [0.2, 0.25) is 0 Å². The van der Waals surface area contributed by atoms with Gasteiger partial charge in [-0.3, -0.25) is 0 Å². The maximum Gasteiger partial charge on any atom is 0.404 e. The van der Waals surface area contributed by atoms with E-state index in [1.54, 1.807) is 0 Å². The lowest BCUT2D eigenvalue weighted by Crippen LogP contribution is -2.26. The minimum absolute atomic E-state index is 0.0248. The highest BCUT2D eigenvalue weighted by atomic mass is 16.6. The zero-order valence-electron chi connectivity index (χ0n) is 8.33. The van der Waals surface area contributed by atoms with Crippen molar-refractivity contribution in [3.8, 4) is 6.07 Å². The largest absolute Gasteiger partial charge is 0.445 e. The van der Waals surface area contributed by atoms with Gasteiger partial charge in [-0.2, -0.15) is 5.26 Å². The summed E-state index contributed by atoms with van der Waals surface area (Å²) in [5, 5.41) is 8.46. The molecule has 2 N–H and O–H groups in total. The molecule has 0 aromatic heterocycles. The van der Waals surface area contributed by atoms with E-state index in [1.165, 1.54) is 0 Å². The minimum Gasteiger partial charge on any atom is -0.445 e. The third-order valence-corrected chi connectivity index (χ3v) is 1.44. The van der Waals surface area contributed by atoms with E-state index in [4.69, 9.17) is 15.7 Å². The lowest BCUT2D eigenvalue weighted by molar-refractivity contribution is 0.0819. The summed E-state index contributed by atoms with van der Waals surface area (Å²) in [4.78, 5) is 10.5. The van der Waals surface area contributed by atoms with E-state index >= 15 is 0 Å². The van der Waals surface area contributed by atoms with Gasteiger partial charge >= 0.3 is 6.09 Å². The number of ether oxygens (including phenoxy) is 1. The molecular formula is C9H16N2O2. The molecular weight excluding hydrogens is 168 g/mol. The van der Waals surface area contributed by atoms with Crippen molar-refractivity contribution in [2.75, 3.05) is 0 Å². The molecule has 0 unspecified atom stereocenters. The molecule has 0 fully saturated rings. The van der Waals surface area contributed by atoms with Gasteiger partial charge < -0.3 is 10.5 Å². The molecule has 0 bridgehead atoms. The molecule has 0 saturated heterocycles. The van der Waals surface area contributed by atoms with E-state index in [0.29, 0.717) is 6.42 Å². The minimum atomic E-state index is -0.815. The molecule has 0 saturated carbocycles. The predicted molar refractivity (Wildman–Crippen MR) is 48.8 cm³/mol. The highest BCUT2D eigenvalue weighted by Gasteiger charge is 2.20. The molecule has 0 aliphatic rings. The lowest BCUT2D eigenvalue weighted by atomic mass is 9.88. The number of primary amides is 1. The summed E-state index contributed by atoms with van der Waals surface area (Å²) >= 11 is 0. The number of hydrogen-bond donors (Lipinski definition) is 1. The molecule has 0 aliphatic heterocycles. The topological polar surface area (TPSA) is 76.1 Å². The summed E-state index contributed by atoms with van der Waals surface area (Å²) in [5.74, 6) is 0. The van der Waals surface area contributed by atoms with Crippen molar-refractivity contribution in [2.45, 2.75) is 39.7 Å². The van der Waals surface area contributed by atoms with Crippen LogP contribution in [0.15, 0.2) is 0 Å². The Labute approximate surface area is 78.7 Å². The van der Waals surface area contributed by atoms with Crippen LogP contribution in [0.25, 0.3) is 0 Å². The summed E-state index contributed by atoms with van der Waals surface area (Å²) in [7, 11) is 0. The Bertz CT molecular complexity index is 213. The standard InChI is InChI=1S/C9H16N2O2/c1-9(2,3)6-7(4-5-10)13-8(11)12/h7H,4,6H2,1-3H3,(H2,11,12)/t7-/m1/s1. The van der Waals surface area contributed by atoms with Crippen LogP contribution in [-0.4, -0.2) is 12.2 Å². The molecule has 0 aliphatic carbocycles.